The van der Waals surface area contributed by atoms with E-state index in [1.807, 2.05) is 33.8 Å². The Kier molecular flexibility index (Phi) is 8.48. The smallest absolute Gasteiger partial charge is 0.255 e. The van der Waals surface area contributed by atoms with Gasteiger partial charge in [-0.1, -0.05) is 0 Å². The average molecular weight is 459 g/mol. The molecule has 0 spiro atoms. The number of amides is 1. The maximum Gasteiger partial charge on any atom is 0.255 e. The monoisotopic (exact) mass is 458 g/mol. The summed E-state index contributed by atoms with van der Waals surface area (Å²) in [6.45, 7) is 10.0. The molecule has 1 amide bonds. The highest BCUT2D eigenvalue weighted by molar-refractivity contribution is 5.99. The molecule has 0 saturated heterocycles. The lowest BCUT2D eigenvalue weighted by Gasteiger charge is -2.23. The standard InChI is InChI=1S/C22H31FN8O2/c1-12(2)28-16-7-18(25-10-15(16)20(32)26-11-17(23)22(5,6)33)30-21-27-9-14(8-24)19(31-21)29-13(3)4/h7,9-10,12-13,17,33H,11H2,1-6H3,(H,26,32)(H3,25,27,28,29,30,31)/t17-/m1/s1. The van der Waals surface area contributed by atoms with Crippen molar-refractivity contribution in [3.8, 4) is 6.07 Å². The second kappa shape index (κ2) is 10.9. The maximum atomic E-state index is 14.0. The van der Waals surface area contributed by atoms with Gasteiger partial charge in [0.2, 0.25) is 5.95 Å². The molecule has 11 heteroatoms. The van der Waals surface area contributed by atoms with Gasteiger partial charge in [-0.3, -0.25) is 4.79 Å². The number of hydrogen-bond acceptors (Lipinski definition) is 9. The third-order valence-electron chi connectivity index (χ3n) is 4.38. The highest BCUT2D eigenvalue weighted by Crippen LogP contribution is 2.23. The number of aliphatic hydroxyl groups is 1. The second-order valence-electron chi connectivity index (χ2n) is 8.74. The summed E-state index contributed by atoms with van der Waals surface area (Å²) in [6.07, 6.45) is 1.14. The fraction of sp³-hybridized carbons (Fsp3) is 0.500. The summed E-state index contributed by atoms with van der Waals surface area (Å²) >= 11 is 0. The van der Waals surface area contributed by atoms with Crippen molar-refractivity contribution in [2.75, 3.05) is 22.5 Å². The molecular formula is C22H31FN8O2. The van der Waals surface area contributed by atoms with Crippen molar-refractivity contribution in [3.05, 3.63) is 29.6 Å². The minimum Gasteiger partial charge on any atom is -0.387 e. The molecule has 0 fully saturated rings. The zero-order valence-electron chi connectivity index (χ0n) is 19.7. The highest BCUT2D eigenvalue weighted by atomic mass is 19.1. The molecule has 5 N–H and O–H groups in total. The number of hydrogen-bond donors (Lipinski definition) is 5. The van der Waals surface area contributed by atoms with Crippen LogP contribution >= 0.6 is 0 Å². The van der Waals surface area contributed by atoms with Crippen LogP contribution in [0, 0.1) is 11.3 Å². The Hall–Kier alpha value is -3.52. The first-order valence-electron chi connectivity index (χ1n) is 10.6. The summed E-state index contributed by atoms with van der Waals surface area (Å²) in [7, 11) is 0. The molecule has 178 valence electrons. The molecule has 10 nitrogen and oxygen atoms in total. The van der Waals surface area contributed by atoms with E-state index < -0.39 is 17.7 Å². The van der Waals surface area contributed by atoms with Gasteiger partial charge in [0.1, 0.15) is 29.4 Å². The third kappa shape index (κ3) is 7.54. The topological polar surface area (TPSA) is 148 Å². The molecule has 0 aliphatic rings. The Labute approximate surface area is 193 Å². The quantitative estimate of drug-likeness (QED) is 0.362. The Morgan fingerprint density at radius 3 is 2.42 bits per heavy atom. The number of anilines is 4. The number of rotatable bonds is 10. The summed E-state index contributed by atoms with van der Waals surface area (Å²) in [5.74, 6) is 0.466. The van der Waals surface area contributed by atoms with Gasteiger partial charge in [-0.05, 0) is 41.5 Å². The molecule has 2 aromatic heterocycles. The number of aromatic nitrogens is 3. The minimum atomic E-state index is -1.63. The lowest BCUT2D eigenvalue weighted by atomic mass is 10.0. The zero-order chi connectivity index (χ0) is 24.8. The first-order chi connectivity index (χ1) is 15.4. The Morgan fingerprint density at radius 2 is 1.85 bits per heavy atom. The third-order valence-corrected chi connectivity index (χ3v) is 4.38. The molecule has 0 saturated carbocycles. The van der Waals surface area contributed by atoms with Crippen LogP contribution in [0.15, 0.2) is 18.5 Å². The van der Waals surface area contributed by atoms with Crippen LogP contribution < -0.4 is 21.3 Å². The SMILES string of the molecule is CC(C)Nc1cc(Nc2ncc(C#N)c(NC(C)C)n2)ncc1C(=O)NC[C@@H](F)C(C)(C)O. The number of nitrogens with zero attached hydrogens (tertiary/aromatic N) is 4. The molecule has 0 unspecified atom stereocenters. The van der Waals surface area contributed by atoms with Gasteiger partial charge in [0.25, 0.3) is 5.91 Å². The van der Waals surface area contributed by atoms with Gasteiger partial charge in [0.15, 0.2) is 0 Å². The van der Waals surface area contributed by atoms with Crippen molar-refractivity contribution in [2.24, 2.45) is 0 Å². The number of nitriles is 1. The molecule has 2 aromatic rings. The summed E-state index contributed by atoms with van der Waals surface area (Å²) in [6, 6.07) is 3.74. The normalized spacial score (nSPS) is 12.3. The molecule has 0 aliphatic carbocycles. The van der Waals surface area contributed by atoms with Crippen LogP contribution in [0.1, 0.15) is 57.5 Å². The average Bonchev–Trinajstić information content (AvgIpc) is 2.70. The van der Waals surface area contributed by atoms with Gasteiger partial charge in [-0.2, -0.15) is 10.2 Å². The van der Waals surface area contributed by atoms with Gasteiger partial charge in [0, 0.05) is 24.3 Å². The molecule has 2 heterocycles. The van der Waals surface area contributed by atoms with Gasteiger partial charge in [-0.25, -0.2) is 14.4 Å². The van der Waals surface area contributed by atoms with E-state index in [9.17, 15) is 19.6 Å². The lowest BCUT2D eigenvalue weighted by molar-refractivity contribution is -0.00177. The first-order valence-corrected chi connectivity index (χ1v) is 10.6. The van der Waals surface area contributed by atoms with Crippen molar-refractivity contribution >= 4 is 29.2 Å². The molecule has 0 bridgehead atoms. The van der Waals surface area contributed by atoms with Crippen LogP contribution in [0.2, 0.25) is 0 Å². The van der Waals surface area contributed by atoms with Crippen molar-refractivity contribution in [1.82, 2.24) is 20.3 Å². The van der Waals surface area contributed by atoms with Crippen molar-refractivity contribution in [2.45, 2.75) is 65.4 Å². The van der Waals surface area contributed by atoms with E-state index in [4.69, 9.17) is 0 Å². The lowest BCUT2D eigenvalue weighted by Crippen LogP contribution is -2.42. The largest absolute Gasteiger partial charge is 0.387 e. The van der Waals surface area contributed by atoms with E-state index in [1.165, 1.54) is 26.2 Å². The van der Waals surface area contributed by atoms with E-state index in [2.05, 4.69) is 36.2 Å². The number of nitrogens with one attached hydrogen (secondary N) is 4. The van der Waals surface area contributed by atoms with Gasteiger partial charge >= 0.3 is 0 Å². The zero-order valence-corrected chi connectivity index (χ0v) is 19.7. The van der Waals surface area contributed by atoms with E-state index in [0.29, 0.717) is 22.9 Å². The van der Waals surface area contributed by atoms with Crippen molar-refractivity contribution in [3.63, 3.8) is 0 Å². The number of carbonyl (C=O) groups is 1. The Morgan fingerprint density at radius 1 is 1.18 bits per heavy atom. The van der Waals surface area contributed by atoms with Crippen LogP contribution in [0.4, 0.5) is 27.7 Å². The Bertz CT molecular complexity index is 1010. The number of pyridine rings is 1. The molecule has 0 aromatic carbocycles. The number of alkyl halides is 1. The van der Waals surface area contributed by atoms with Crippen LogP contribution in [-0.4, -0.2) is 56.4 Å². The van der Waals surface area contributed by atoms with Gasteiger partial charge < -0.3 is 26.4 Å². The van der Waals surface area contributed by atoms with E-state index in [1.54, 1.807) is 6.07 Å². The fourth-order valence-corrected chi connectivity index (χ4v) is 2.68. The van der Waals surface area contributed by atoms with Crippen molar-refractivity contribution in [1.29, 1.82) is 5.26 Å². The highest BCUT2D eigenvalue weighted by Gasteiger charge is 2.27. The van der Waals surface area contributed by atoms with E-state index in [0.717, 1.165) is 0 Å². The molecule has 0 aliphatic heterocycles. The van der Waals surface area contributed by atoms with E-state index in [-0.39, 0.29) is 30.1 Å². The summed E-state index contributed by atoms with van der Waals surface area (Å²) in [5.41, 5.74) is -0.551. The Balaban J connectivity index is 2.27. The number of carbonyl (C=O) groups excluding carboxylic acids is 1. The molecule has 33 heavy (non-hydrogen) atoms. The summed E-state index contributed by atoms with van der Waals surface area (Å²) in [4.78, 5) is 25.4. The number of halogens is 1. The van der Waals surface area contributed by atoms with Crippen molar-refractivity contribution < 1.29 is 14.3 Å². The van der Waals surface area contributed by atoms with Gasteiger partial charge in [0.05, 0.1) is 29.6 Å². The maximum absolute atomic E-state index is 14.0. The molecule has 0 radical (unpaired) electrons. The van der Waals surface area contributed by atoms with E-state index >= 15 is 0 Å². The fourth-order valence-electron chi connectivity index (χ4n) is 2.68. The predicted molar refractivity (Wildman–Crippen MR) is 125 cm³/mol. The van der Waals surface area contributed by atoms with Crippen LogP contribution in [-0.2, 0) is 0 Å². The minimum absolute atomic E-state index is 0.00473. The predicted octanol–water partition coefficient (Wildman–Crippen LogP) is 2.97. The van der Waals surface area contributed by atoms with Crippen LogP contribution in [0.5, 0.6) is 0 Å². The second-order valence-corrected chi connectivity index (χ2v) is 8.74. The van der Waals surface area contributed by atoms with Crippen LogP contribution in [0.25, 0.3) is 0 Å². The van der Waals surface area contributed by atoms with Gasteiger partial charge in [-0.15, -0.1) is 0 Å². The molecule has 1 atom stereocenters. The molecule has 2 rings (SSSR count). The first kappa shape index (κ1) is 25.7. The summed E-state index contributed by atoms with van der Waals surface area (Å²) < 4.78 is 14.0. The summed E-state index contributed by atoms with van der Waals surface area (Å²) in [5, 5.41) is 30.7. The van der Waals surface area contributed by atoms with Crippen LogP contribution in [0.3, 0.4) is 0 Å². The molecular weight excluding hydrogens is 427 g/mol.